The molecule has 2 unspecified atom stereocenters. The second kappa shape index (κ2) is 9.36. The van der Waals surface area contributed by atoms with E-state index in [1.165, 1.54) is 0 Å². The van der Waals surface area contributed by atoms with Crippen molar-refractivity contribution in [3.8, 4) is 0 Å². The Balaban J connectivity index is 1.72. The summed E-state index contributed by atoms with van der Waals surface area (Å²) in [4.78, 5) is 30.3. The van der Waals surface area contributed by atoms with Crippen LogP contribution >= 0.6 is 0 Å². The molecule has 1 fully saturated rings. The molecule has 1 aliphatic rings. The van der Waals surface area contributed by atoms with Crippen molar-refractivity contribution in [1.29, 1.82) is 0 Å². The molecule has 1 aliphatic heterocycles. The van der Waals surface area contributed by atoms with Crippen molar-refractivity contribution in [2.75, 3.05) is 18.5 Å². The number of benzene rings is 1. The Morgan fingerprint density at radius 3 is 2.47 bits per heavy atom. The zero-order valence-corrected chi connectivity index (χ0v) is 17.7. The Morgan fingerprint density at radius 1 is 1.20 bits per heavy atom. The number of nitrogens with zero attached hydrogens (tertiary/aromatic N) is 2. The first-order chi connectivity index (χ1) is 14.3. The maximum Gasteiger partial charge on any atom is 0.249 e. The second-order valence-corrected chi connectivity index (χ2v) is 8.77. The second-order valence-electron chi connectivity index (χ2n) is 8.77. The number of carbonyl (C=O) groups excluding carboxylic acids is 2. The average Bonchev–Trinajstić information content (AvgIpc) is 2.69. The van der Waals surface area contributed by atoms with Crippen LogP contribution in [0.2, 0.25) is 0 Å². The van der Waals surface area contributed by atoms with Crippen LogP contribution in [0.25, 0.3) is 0 Å². The molecule has 0 bridgehead atoms. The number of morpholine rings is 1. The van der Waals surface area contributed by atoms with Crippen LogP contribution in [-0.2, 0) is 20.9 Å². The largest absolute Gasteiger partial charge is 0.394 e. The van der Waals surface area contributed by atoms with Gasteiger partial charge in [0.05, 0.1) is 12.6 Å². The molecule has 1 aromatic carbocycles. The first-order valence-electron chi connectivity index (χ1n) is 10.1. The van der Waals surface area contributed by atoms with E-state index in [1.54, 1.807) is 17.3 Å². The summed E-state index contributed by atoms with van der Waals surface area (Å²) in [7, 11) is 0. The summed E-state index contributed by atoms with van der Waals surface area (Å²) in [6.07, 6.45) is 3.34. The Hall–Kier alpha value is -2.77. The number of aliphatic hydroxyl groups excluding tert-OH is 1. The molecule has 0 spiro atoms. The third-order valence-corrected chi connectivity index (χ3v) is 4.96. The van der Waals surface area contributed by atoms with E-state index in [0.29, 0.717) is 18.7 Å². The molecule has 3 rings (SSSR count). The molecule has 2 N–H and O–H groups in total. The monoisotopic (exact) mass is 411 g/mol. The van der Waals surface area contributed by atoms with Crippen LogP contribution in [0.4, 0.5) is 5.69 Å². The molecule has 2 heterocycles. The van der Waals surface area contributed by atoms with Gasteiger partial charge in [-0.05, 0) is 40.8 Å². The van der Waals surface area contributed by atoms with Gasteiger partial charge in [-0.15, -0.1) is 0 Å². The van der Waals surface area contributed by atoms with Crippen LogP contribution in [-0.4, -0.2) is 46.1 Å². The average molecular weight is 412 g/mol. The number of carbonyl (C=O) groups is 2. The van der Waals surface area contributed by atoms with E-state index >= 15 is 0 Å². The topological polar surface area (TPSA) is 91.8 Å². The number of rotatable bonds is 6. The molecule has 0 aliphatic carbocycles. The van der Waals surface area contributed by atoms with E-state index < -0.39 is 12.1 Å². The number of ether oxygens (including phenoxy) is 1. The maximum atomic E-state index is 12.5. The van der Waals surface area contributed by atoms with Crippen molar-refractivity contribution in [1.82, 2.24) is 9.88 Å². The zero-order valence-electron chi connectivity index (χ0n) is 17.7. The van der Waals surface area contributed by atoms with Crippen LogP contribution in [0.15, 0.2) is 48.8 Å². The highest BCUT2D eigenvalue weighted by molar-refractivity contribution is 5.91. The number of pyridine rings is 1. The third kappa shape index (κ3) is 5.64. The van der Waals surface area contributed by atoms with Gasteiger partial charge in [0, 0.05) is 31.0 Å². The highest BCUT2D eigenvalue weighted by Gasteiger charge is 2.37. The van der Waals surface area contributed by atoms with Crippen molar-refractivity contribution < 1.29 is 19.4 Å². The Bertz CT molecular complexity index is 862. The van der Waals surface area contributed by atoms with Gasteiger partial charge in [0.25, 0.3) is 0 Å². The van der Waals surface area contributed by atoms with Crippen LogP contribution in [0.5, 0.6) is 0 Å². The van der Waals surface area contributed by atoms with Crippen molar-refractivity contribution in [2.45, 2.75) is 45.9 Å². The van der Waals surface area contributed by atoms with E-state index in [-0.39, 0.29) is 30.4 Å². The summed E-state index contributed by atoms with van der Waals surface area (Å²) in [6, 6.07) is 10.6. The van der Waals surface area contributed by atoms with Crippen LogP contribution in [0.3, 0.4) is 0 Å². The first kappa shape index (κ1) is 21.9. The quantitative estimate of drug-likeness (QED) is 0.763. The fourth-order valence-electron chi connectivity index (χ4n) is 3.55. The lowest BCUT2D eigenvalue weighted by Crippen LogP contribution is -2.52. The molecule has 1 saturated heterocycles. The smallest absolute Gasteiger partial charge is 0.249 e. The SMILES string of the molecule is CC(C)(C)CC(=O)Nc1ccc(C2OCC(=O)N(Cc3ccncc3)C2CO)cc1. The van der Waals surface area contributed by atoms with Gasteiger partial charge in [-0.2, -0.15) is 0 Å². The van der Waals surface area contributed by atoms with E-state index in [4.69, 9.17) is 4.74 Å². The highest BCUT2D eigenvalue weighted by atomic mass is 16.5. The van der Waals surface area contributed by atoms with Gasteiger partial charge in [-0.3, -0.25) is 14.6 Å². The minimum absolute atomic E-state index is 0.0356. The first-order valence-corrected chi connectivity index (χ1v) is 10.1. The lowest BCUT2D eigenvalue weighted by atomic mass is 9.92. The predicted octanol–water partition coefficient (Wildman–Crippen LogP) is 2.92. The van der Waals surface area contributed by atoms with Gasteiger partial charge >= 0.3 is 0 Å². The number of hydrogen-bond acceptors (Lipinski definition) is 5. The molecule has 2 amide bonds. The molecular weight excluding hydrogens is 382 g/mol. The summed E-state index contributed by atoms with van der Waals surface area (Å²) >= 11 is 0. The van der Waals surface area contributed by atoms with Crippen LogP contribution in [0, 0.1) is 5.41 Å². The van der Waals surface area contributed by atoms with Crippen LogP contribution < -0.4 is 5.32 Å². The number of anilines is 1. The third-order valence-electron chi connectivity index (χ3n) is 4.96. The minimum Gasteiger partial charge on any atom is -0.394 e. The number of hydrogen-bond donors (Lipinski definition) is 2. The summed E-state index contributed by atoms with van der Waals surface area (Å²) in [5.41, 5.74) is 2.40. The van der Waals surface area contributed by atoms with Gasteiger partial charge in [0.15, 0.2) is 0 Å². The molecule has 30 heavy (non-hydrogen) atoms. The Labute approximate surface area is 177 Å². The molecular formula is C23H29N3O4. The van der Waals surface area contributed by atoms with E-state index in [9.17, 15) is 14.7 Å². The Morgan fingerprint density at radius 2 is 1.87 bits per heavy atom. The minimum atomic E-state index is -0.499. The van der Waals surface area contributed by atoms with Gasteiger partial charge in [-0.25, -0.2) is 0 Å². The fraction of sp³-hybridized carbons (Fsp3) is 0.435. The Kier molecular flexibility index (Phi) is 6.84. The van der Waals surface area contributed by atoms with E-state index in [0.717, 1.165) is 11.1 Å². The van der Waals surface area contributed by atoms with Crippen molar-refractivity contribution in [3.05, 3.63) is 59.9 Å². The summed E-state index contributed by atoms with van der Waals surface area (Å²) in [5.74, 6) is -0.195. The standard InChI is InChI=1S/C23H29N3O4/c1-23(2,3)12-20(28)25-18-6-4-17(5-7-18)22-19(14-27)26(21(29)15-30-22)13-16-8-10-24-11-9-16/h4-11,19,22,27H,12-15H2,1-3H3,(H,25,28). The normalized spacial score (nSPS) is 19.6. The van der Waals surface area contributed by atoms with Gasteiger partial charge in [0.2, 0.25) is 11.8 Å². The van der Waals surface area contributed by atoms with E-state index in [1.807, 2.05) is 57.2 Å². The molecule has 2 aromatic rings. The van der Waals surface area contributed by atoms with Crippen molar-refractivity contribution >= 4 is 17.5 Å². The van der Waals surface area contributed by atoms with Crippen molar-refractivity contribution in [2.24, 2.45) is 5.41 Å². The predicted molar refractivity (Wildman–Crippen MR) is 113 cm³/mol. The molecule has 0 radical (unpaired) electrons. The van der Waals surface area contributed by atoms with Gasteiger partial charge in [-0.1, -0.05) is 32.9 Å². The highest BCUT2D eigenvalue weighted by Crippen LogP contribution is 2.31. The van der Waals surface area contributed by atoms with Crippen LogP contribution in [0.1, 0.15) is 44.4 Å². The lowest BCUT2D eigenvalue weighted by Gasteiger charge is -2.40. The molecule has 0 saturated carbocycles. The maximum absolute atomic E-state index is 12.5. The summed E-state index contributed by atoms with van der Waals surface area (Å²) in [6.45, 7) is 6.17. The number of aliphatic hydroxyl groups is 1. The molecule has 160 valence electrons. The molecule has 7 nitrogen and oxygen atoms in total. The van der Waals surface area contributed by atoms with Gasteiger partial charge in [0.1, 0.15) is 12.7 Å². The molecule has 7 heteroatoms. The summed E-state index contributed by atoms with van der Waals surface area (Å²) < 4.78 is 5.78. The zero-order chi connectivity index (χ0) is 21.7. The fourth-order valence-corrected chi connectivity index (χ4v) is 3.55. The van der Waals surface area contributed by atoms with Crippen molar-refractivity contribution in [3.63, 3.8) is 0 Å². The number of amides is 2. The number of nitrogens with one attached hydrogen (secondary N) is 1. The molecule has 1 aromatic heterocycles. The van der Waals surface area contributed by atoms with E-state index in [2.05, 4.69) is 10.3 Å². The van der Waals surface area contributed by atoms with Gasteiger partial charge < -0.3 is 20.1 Å². The molecule has 2 atom stereocenters. The summed E-state index contributed by atoms with van der Waals surface area (Å²) in [5, 5.41) is 12.9. The number of aromatic nitrogens is 1. The lowest BCUT2D eigenvalue weighted by molar-refractivity contribution is -0.162.